The van der Waals surface area contributed by atoms with Crippen LogP contribution in [0.5, 0.6) is 0 Å². The van der Waals surface area contributed by atoms with Gasteiger partial charge in [-0.05, 0) is 32.9 Å². The number of amides is 1. The second-order valence-electron chi connectivity index (χ2n) is 4.50. The van der Waals surface area contributed by atoms with Crippen LogP contribution in [-0.4, -0.2) is 39.0 Å². The monoisotopic (exact) mass is 289 g/mol. The van der Waals surface area contributed by atoms with Crippen LogP contribution in [0.3, 0.4) is 0 Å². The van der Waals surface area contributed by atoms with Crippen LogP contribution in [0.15, 0.2) is 22.9 Å². The quantitative estimate of drug-likeness (QED) is 0.874. The zero-order valence-corrected chi connectivity index (χ0v) is 12.5. The standard InChI is InChI=1S/C14H19N5O2/c1-4-19(5-2)14(20)12-8-11(6-7-15-12)16-9-13-17-10(3)18-21-13/h6-8H,4-5,9H2,1-3H3,(H,15,16). The molecular formula is C14H19N5O2. The lowest BCUT2D eigenvalue weighted by Crippen LogP contribution is -2.31. The summed E-state index contributed by atoms with van der Waals surface area (Å²) in [6.45, 7) is 7.39. The average molecular weight is 289 g/mol. The van der Waals surface area contributed by atoms with Crippen LogP contribution >= 0.6 is 0 Å². The molecule has 0 radical (unpaired) electrons. The van der Waals surface area contributed by atoms with E-state index in [1.807, 2.05) is 13.8 Å². The van der Waals surface area contributed by atoms with Gasteiger partial charge in [-0.15, -0.1) is 0 Å². The topological polar surface area (TPSA) is 84.2 Å². The maximum Gasteiger partial charge on any atom is 0.272 e. The predicted octanol–water partition coefficient (Wildman–Crippen LogP) is 1.87. The van der Waals surface area contributed by atoms with Gasteiger partial charge in [-0.1, -0.05) is 5.16 Å². The molecule has 2 aromatic heterocycles. The molecule has 1 N–H and O–H groups in total. The van der Waals surface area contributed by atoms with Crippen molar-refractivity contribution in [1.29, 1.82) is 0 Å². The van der Waals surface area contributed by atoms with Crippen molar-refractivity contribution in [3.63, 3.8) is 0 Å². The van der Waals surface area contributed by atoms with Gasteiger partial charge in [0.05, 0.1) is 6.54 Å². The number of carbonyl (C=O) groups is 1. The fourth-order valence-corrected chi connectivity index (χ4v) is 1.92. The van der Waals surface area contributed by atoms with Gasteiger partial charge in [0.1, 0.15) is 5.69 Å². The Morgan fingerprint density at radius 2 is 2.14 bits per heavy atom. The number of hydrogen-bond donors (Lipinski definition) is 1. The fraction of sp³-hybridized carbons (Fsp3) is 0.429. The Labute approximate surface area is 123 Å². The van der Waals surface area contributed by atoms with Crippen molar-refractivity contribution in [3.8, 4) is 0 Å². The van der Waals surface area contributed by atoms with Gasteiger partial charge in [0.25, 0.3) is 5.91 Å². The van der Waals surface area contributed by atoms with Crippen molar-refractivity contribution >= 4 is 11.6 Å². The van der Waals surface area contributed by atoms with Crippen molar-refractivity contribution in [2.24, 2.45) is 0 Å². The first-order valence-corrected chi connectivity index (χ1v) is 6.92. The van der Waals surface area contributed by atoms with E-state index >= 15 is 0 Å². The highest BCUT2D eigenvalue weighted by molar-refractivity contribution is 5.93. The van der Waals surface area contributed by atoms with Gasteiger partial charge in [0.15, 0.2) is 5.82 Å². The van der Waals surface area contributed by atoms with Gasteiger partial charge < -0.3 is 14.7 Å². The Bertz CT molecular complexity index is 607. The van der Waals surface area contributed by atoms with Crippen molar-refractivity contribution in [2.45, 2.75) is 27.3 Å². The van der Waals surface area contributed by atoms with Crippen LogP contribution in [0.2, 0.25) is 0 Å². The molecule has 1 amide bonds. The Hall–Kier alpha value is -2.44. The van der Waals surface area contributed by atoms with E-state index in [1.165, 1.54) is 0 Å². The average Bonchev–Trinajstić information content (AvgIpc) is 2.92. The van der Waals surface area contributed by atoms with Crippen molar-refractivity contribution in [1.82, 2.24) is 20.0 Å². The summed E-state index contributed by atoms with van der Waals surface area (Å²) in [5, 5.41) is 6.86. The Morgan fingerprint density at radius 3 is 2.76 bits per heavy atom. The van der Waals surface area contributed by atoms with Crippen LogP contribution in [-0.2, 0) is 6.54 Å². The van der Waals surface area contributed by atoms with Crippen LogP contribution in [0, 0.1) is 6.92 Å². The molecule has 0 aliphatic rings. The SMILES string of the molecule is CCN(CC)C(=O)c1cc(NCc2nc(C)no2)ccn1. The van der Waals surface area contributed by atoms with Gasteiger partial charge in [-0.3, -0.25) is 9.78 Å². The van der Waals surface area contributed by atoms with E-state index < -0.39 is 0 Å². The molecule has 2 aromatic rings. The minimum absolute atomic E-state index is 0.0720. The first kappa shape index (κ1) is 15.0. The molecular weight excluding hydrogens is 270 g/mol. The molecule has 7 heteroatoms. The molecule has 0 bridgehead atoms. The first-order valence-electron chi connectivity index (χ1n) is 6.92. The summed E-state index contributed by atoms with van der Waals surface area (Å²) in [6.07, 6.45) is 1.61. The number of pyridine rings is 1. The second kappa shape index (κ2) is 6.83. The number of hydrogen-bond acceptors (Lipinski definition) is 6. The summed E-state index contributed by atoms with van der Waals surface area (Å²) in [5.41, 5.74) is 1.21. The van der Waals surface area contributed by atoms with E-state index in [0.717, 1.165) is 5.69 Å². The van der Waals surface area contributed by atoms with E-state index in [1.54, 1.807) is 30.2 Å². The smallest absolute Gasteiger partial charge is 0.272 e. The number of nitrogens with zero attached hydrogens (tertiary/aromatic N) is 4. The lowest BCUT2D eigenvalue weighted by Gasteiger charge is -2.18. The third kappa shape index (κ3) is 3.77. The highest BCUT2D eigenvalue weighted by Crippen LogP contribution is 2.11. The Kier molecular flexibility index (Phi) is 4.86. The molecule has 2 heterocycles. The van der Waals surface area contributed by atoms with E-state index in [0.29, 0.717) is 37.0 Å². The molecule has 0 aromatic carbocycles. The molecule has 0 saturated heterocycles. The molecule has 21 heavy (non-hydrogen) atoms. The largest absolute Gasteiger partial charge is 0.376 e. The Balaban J connectivity index is 2.05. The van der Waals surface area contributed by atoms with Gasteiger partial charge >= 0.3 is 0 Å². The minimum atomic E-state index is -0.0720. The fourth-order valence-electron chi connectivity index (χ4n) is 1.92. The van der Waals surface area contributed by atoms with Gasteiger partial charge in [-0.25, -0.2) is 0 Å². The van der Waals surface area contributed by atoms with Gasteiger partial charge in [-0.2, -0.15) is 4.98 Å². The molecule has 0 aliphatic carbocycles. The van der Waals surface area contributed by atoms with E-state index in [2.05, 4.69) is 20.4 Å². The van der Waals surface area contributed by atoms with Crippen molar-refractivity contribution in [3.05, 3.63) is 35.7 Å². The highest BCUT2D eigenvalue weighted by Gasteiger charge is 2.14. The second-order valence-corrected chi connectivity index (χ2v) is 4.50. The minimum Gasteiger partial charge on any atom is -0.376 e. The van der Waals surface area contributed by atoms with Crippen LogP contribution in [0.4, 0.5) is 5.69 Å². The summed E-state index contributed by atoms with van der Waals surface area (Å²) in [4.78, 5) is 22.2. The highest BCUT2D eigenvalue weighted by atomic mass is 16.5. The number of rotatable bonds is 6. The first-order chi connectivity index (χ1) is 10.1. The van der Waals surface area contributed by atoms with Gasteiger partial charge in [0.2, 0.25) is 5.89 Å². The molecule has 0 unspecified atom stereocenters. The summed E-state index contributed by atoms with van der Waals surface area (Å²) in [5.74, 6) is 1.03. The number of carbonyl (C=O) groups excluding carboxylic acids is 1. The zero-order valence-electron chi connectivity index (χ0n) is 12.5. The Morgan fingerprint density at radius 1 is 1.38 bits per heavy atom. The summed E-state index contributed by atoms with van der Waals surface area (Å²) in [6, 6.07) is 3.52. The normalized spacial score (nSPS) is 10.4. The van der Waals surface area contributed by atoms with Gasteiger partial charge in [0, 0.05) is 25.0 Å². The lowest BCUT2D eigenvalue weighted by molar-refractivity contribution is 0.0767. The van der Waals surface area contributed by atoms with Crippen LogP contribution < -0.4 is 5.32 Å². The number of anilines is 1. The third-order valence-corrected chi connectivity index (χ3v) is 3.04. The van der Waals surface area contributed by atoms with Crippen molar-refractivity contribution in [2.75, 3.05) is 18.4 Å². The maximum atomic E-state index is 12.2. The van der Waals surface area contributed by atoms with Crippen molar-refractivity contribution < 1.29 is 9.32 Å². The van der Waals surface area contributed by atoms with Crippen LogP contribution in [0.1, 0.15) is 36.1 Å². The maximum absolute atomic E-state index is 12.2. The lowest BCUT2D eigenvalue weighted by atomic mass is 10.2. The molecule has 0 fully saturated rings. The molecule has 2 rings (SSSR count). The zero-order chi connectivity index (χ0) is 15.2. The molecule has 112 valence electrons. The summed E-state index contributed by atoms with van der Waals surface area (Å²) >= 11 is 0. The van der Waals surface area contributed by atoms with E-state index in [4.69, 9.17) is 4.52 Å². The molecule has 0 aliphatic heterocycles. The number of aromatic nitrogens is 3. The van der Waals surface area contributed by atoms with E-state index in [-0.39, 0.29) is 5.91 Å². The molecule has 0 spiro atoms. The molecule has 7 nitrogen and oxygen atoms in total. The molecule has 0 saturated carbocycles. The third-order valence-electron chi connectivity index (χ3n) is 3.04. The predicted molar refractivity (Wildman–Crippen MR) is 77.9 cm³/mol. The number of aryl methyl sites for hydroxylation is 1. The van der Waals surface area contributed by atoms with E-state index in [9.17, 15) is 4.79 Å². The summed E-state index contributed by atoms with van der Waals surface area (Å²) < 4.78 is 5.02. The number of nitrogens with one attached hydrogen (secondary N) is 1. The van der Waals surface area contributed by atoms with Crippen LogP contribution in [0.25, 0.3) is 0 Å². The summed E-state index contributed by atoms with van der Waals surface area (Å²) in [7, 11) is 0. The molecule has 0 atom stereocenters.